The van der Waals surface area contributed by atoms with Crippen molar-refractivity contribution in [2.24, 2.45) is 5.92 Å². The highest BCUT2D eigenvalue weighted by Gasteiger charge is 2.31. The summed E-state index contributed by atoms with van der Waals surface area (Å²) in [6.07, 6.45) is 1.17. The molecule has 0 heterocycles. The van der Waals surface area contributed by atoms with Crippen molar-refractivity contribution in [3.63, 3.8) is 0 Å². The number of amides is 1. The molecular formula is C14H17NO4. The van der Waals surface area contributed by atoms with Gasteiger partial charge in [-0.25, -0.2) is 4.79 Å². The zero-order chi connectivity index (χ0) is 13.7. The monoisotopic (exact) mass is 263 g/mol. The Bertz CT molecular complexity index is 440. The van der Waals surface area contributed by atoms with Gasteiger partial charge in [-0.3, -0.25) is 4.79 Å². The third-order valence-corrected chi connectivity index (χ3v) is 3.23. The molecule has 1 aliphatic carbocycles. The Hall–Kier alpha value is -2.04. The van der Waals surface area contributed by atoms with E-state index in [0.29, 0.717) is 12.8 Å². The van der Waals surface area contributed by atoms with Crippen molar-refractivity contribution in [2.75, 3.05) is 0 Å². The second-order valence-electron chi connectivity index (χ2n) is 4.84. The van der Waals surface area contributed by atoms with Crippen molar-refractivity contribution in [2.45, 2.75) is 31.9 Å². The maximum atomic E-state index is 11.5. The SMILES string of the molecule is O=C(O)CC1CC(NC(=O)OCc2ccccc2)C1. The summed E-state index contributed by atoms with van der Waals surface area (Å²) < 4.78 is 5.08. The van der Waals surface area contributed by atoms with Crippen LogP contribution in [-0.4, -0.2) is 23.2 Å². The Morgan fingerprint density at radius 1 is 1.26 bits per heavy atom. The molecule has 0 bridgehead atoms. The third-order valence-electron chi connectivity index (χ3n) is 3.23. The maximum Gasteiger partial charge on any atom is 0.407 e. The van der Waals surface area contributed by atoms with E-state index in [1.165, 1.54) is 0 Å². The molecule has 0 radical (unpaired) electrons. The van der Waals surface area contributed by atoms with E-state index in [0.717, 1.165) is 5.56 Å². The molecule has 0 unspecified atom stereocenters. The van der Waals surface area contributed by atoms with Gasteiger partial charge in [0.05, 0.1) is 0 Å². The number of ether oxygens (including phenoxy) is 1. The van der Waals surface area contributed by atoms with Gasteiger partial charge in [0.25, 0.3) is 0 Å². The van der Waals surface area contributed by atoms with Crippen LogP contribution in [-0.2, 0) is 16.1 Å². The van der Waals surface area contributed by atoms with Crippen molar-refractivity contribution in [1.29, 1.82) is 0 Å². The second-order valence-corrected chi connectivity index (χ2v) is 4.84. The molecule has 0 aromatic heterocycles. The average Bonchev–Trinajstić information content (AvgIpc) is 2.34. The Labute approximate surface area is 111 Å². The summed E-state index contributed by atoms with van der Waals surface area (Å²) in [4.78, 5) is 22.0. The predicted octanol–water partition coefficient (Wildman–Crippen LogP) is 2.17. The zero-order valence-corrected chi connectivity index (χ0v) is 10.5. The molecule has 1 saturated carbocycles. The molecule has 102 valence electrons. The summed E-state index contributed by atoms with van der Waals surface area (Å²) in [5.41, 5.74) is 0.940. The fourth-order valence-corrected chi connectivity index (χ4v) is 2.20. The number of alkyl carbamates (subject to hydrolysis) is 1. The first kappa shape index (κ1) is 13.4. The van der Waals surface area contributed by atoms with Crippen LogP contribution in [0.1, 0.15) is 24.8 Å². The van der Waals surface area contributed by atoms with Gasteiger partial charge in [-0.2, -0.15) is 0 Å². The van der Waals surface area contributed by atoms with E-state index in [-0.39, 0.29) is 25.0 Å². The van der Waals surface area contributed by atoms with Crippen LogP contribution in [0.5, 0.6) is 0 Å². The molecule has 1 amide bonds. The van der Waals surface area contributed by atoms with Gasteiger partial charge < -0.3 is 15.2 Å². The maximum absolute atomic E-state index is 11.5. The van der Waals surface area contributed by atoms with Crippen LogP contribution < -0.4 is 5.32 Å². The molecule has 0 spiro atoms. The van der Waals surface area contributed by atoms with E-state index in [9.17, 15) is 9.59 Å². The predicted molar refractivity (Wildman–Crippen MR) is 68.5 cm³/mol. The highest BCUT2D eigenvalue weighted by Crippen LogP contribution is 2.30. The fourth-order valence-electron chi connectivity index (χ4n) is 2.20. The van der Waals surface area contributed by atoms with E-state index in [1.807, 2.05) is 30.3 Å². The summed E-state index contributed by atoms with van der Waals surface area (Å²) in [5.74, 6) is -0.605. The van der Waals surface area contributed by atoms with Gasteiger partial charge in [0, 0.05) is 12.5 Å². The first-order valence-corrected chi connectivity index (χ1v) is 6.32. The lowest BCUT2D eigenvalue weighted by molar-refractivity contribution is -0.138. The van der Waals surface area contributed by atoms with E-state index >= 15 is 0 Å². The number of nitrogens with one attached hydrogen (secondary N) is 1. The number of carbonyl (C=O) groups excluding carboxylic acids is 1. The van der Waals surface area contributed by atoms with E-state index in [1.54, 1.807) is 0 Å². The van der Waals surface area contributed by atoms with Gasteiger partial charge >= 0.3 is 12.1 Å². The molecule has 2 N–H and O–H groups in total. The van der Waals surface area contributed by atoms with Crippen LogP contribution >= 0.6 is 0 Å². The number of hydrogen-bond acceptors (Lipinski definition) is 3. The number of rotatable bonds is 5. The van der Waals surface area contributed by atoms with Crippen LogP contribution in [0, 0.1) is 5.92 Å². The van der Waals surface area contributed by atoms with Gasteiger partial charge in [-0.15, -0.1) is 0 Å². The molecular weight excluding hydrogens is 246 g/mol. The topological polar surface area (TPSA) is 75.6 Å². The van der Waals surface area contributed by atoms with Crippen molar-refractivity contribution in [1.82, 2.24) is 5.32 Å². The van der Waals surface area contributed by atoms with Gasteiger partial charge in [0.2, 0.25) is 0 Å². The van der Waals surface area contributed by atoms with E-state index in [4.69, 9.17) is 9.84 Å². The van der Waals surface area contributed by atoms with Crippen molar-refractivity contribution in [3.8, 4) is 0 Å². The quantitative estimate of drug-likeness (QED) is 0.853. The average molecular weight is 263 g/mol. The summed E-state index contributed by atoms with van der Waals surface area (Å²) in [5, 5.41) is 11.4. The highest BCUT2D eigenvalue weighted by atomic mass is 16.5. The minimum Gasteiger partial charge on any atom is -0.481 e. The first-order valence-electron chi connectivity index (χ1n) is 6.32. The number of carboxylic acid groups (broad SMARTS) is 1. The smallest absolute Gasteiger partial charge is 0.407 e. The summed E-state index contributed by atoms with van der Waals surface area (Å²) >= 11 is 0. The van der Waals surface area contributed by atoms with Gasteiger partial charge in [-0.05, 0) is 24.3 Å². The number of benzene rings is 1. The van der Waals surface area contributed by atoms with Crippen LogP contribution in [0.4, 0.5) is 4.79 Å². The molecule has 0 aliphatic heterocycles. The van der Waals surface area contributed by atoms with Gasteiger partial charge in [0.15, 0.2) is 0 Å². The van der Waals surface area contributed by atoms with Crippen molar-refractivity contribution < 1.29 is 19.4 Å². The lowest BCUT2D eigenvalue weighted by atomic mass is 9.78. The molecule has 0 atom stereocenters. The lowest BCUT2D eigenvalue weighted by Crippen LogP contribution is -2.44. The van der Waals surface area contributed by atoms with Crippen molar-refractivity contribution in [3.05, 3.63) is 35.9 Å². The van der Waals surface area contributed by atoms with Gasteiger partial charge in [-0.1, -0.05) is 30.3 Å². The third kappa shape index (κ3) is 4.28. The van der Waals surface area contributed by atoms with Crippen LogP contribution in [0.2, 0.25) is 0 Å². The minimum absolute atomic E-state index is 0.0487. The lowest BCUT2D eigenvalue weighted by Gasteiger charge is -2.34. The summed E-state index contributed by atoms with van der Waals surface area (Å²) in [7, 11) is 0. The second kappa shape index (κ2) is 6.22. The highest BCUT2D eigenvalue weighted by molar-refractivity contribution is 5.68. The molecule has 2 rings (SSSR count). The van der Waals surface area contributed by atoms with Crippen LogP contribution in [0.3, 0.4) is 0 Å². The summed E-state index contributed by atoms with van der Waals surface area (Å²) in [6.45, 7) is 0.248. The largest absolute Gasteiger partial charge is 0.481 e. The number of aliphatic carboxylic acids is 1. The number of hydrogen-bond donors (Lipinski definition) is 2. The molecule has 1 aromatic rings. The van der Waals surface area contributed by atoms with E-state index in [2.05, 4.69) is 5.32 Å². The molecule has 19 heavy (non-hydrogen) atoms. The molecule has 1 aromatic carbocycles. The molecule has 0 saturated heterocycles. The molecule has 5 heteroatoms. The standard InChI is InChI=1S/C14H17NO4/c16-13(17)8-11-6-12(7-11)15-14(18)19-9-10-4-2-1-3-5-10/h1-5,11-12H,6-9H2,(H,15,18)(H,16,17). The summed E-state index contributed by atoms with van der Waals surface area (Å²) in [6, 6.07) is 9.50. The Morgan fingerprint density at radius 2 is 1.95 bits per heavy atom. The Balaban J connectivity index is 1.62. The van der Waals surface area contributed by atoms with Crippen LogP contribution in [0.25, 0.3) is 0 Å². The first-order chi connectivity index (χ1) is 9.13. The van der Waals surface area contributed by atoms with Crippen molar-refractivity contribution >= 4 is 12.1 Å². The zero-order valence-electron chi connectivity index (χ0n) is 10.5. The van der Waals surface area contributed by atoms with E-state index < -0.39 is 12.1 Å². The Morgan fingerprint density at radius 3 is 2.58 bits per heavy atom. The van der Waals surface area contributed by atoms with Gasteiger partial charge in [0.1, 0.15) is 6.61 Å². The fraction of sp³-hybridized carbons (Fsp3) is 0.429. The normalized spacial score (nSPS) is 21.3. The molecule has 1 aliphatic rings. The van der Waals surface area contributed by atoms with Crippen LogP contribution in [0.15, 0.2) is 30.3 Å². The number of carbonyl (C=O) groups is 2. The molecule has 5 nitrogen and oxygen atoms in total. The Kier molecular flexibility index (Phi) is 4.39. The minimum atomic E-state index is -0.782. The molecule has 1 fully saturated rings. The number of carboxylic acids is 1.